The highest BCUT2D eigenvalue weighted by Gasteiger charge is 2.15. The summed E-state index contributed by atoms with van der Waals surface area (Å²) in [5.74, 6) is -0.412. The molecule has 138 valence electrons. The van der Waals surface area contributed by atoms with E-state index < -0.39 is 0 Å². The first-order chi connectivity index (χ1) is 12.5. The van der Waals surface area contributed by atoms with Crippen LogP contribution in [-0.2, 0) is 13.1 Å². The van der Waals surface area contributed by atoms with Crippen molar-refractivity contribution in [1.29, 1.82) is 0 Å². The Morgan fingerprint density at radius 1 is 1.15 bits per heavy atom. The molecular formula is C19H24N4O3. The van der Waals surface area contributed by atoms with Gasteiger partial charge in [0.1, 0.15) is 5.69 Å². The van der Waals surface area contributed by atoms with Gasteiger partial charge in [-0.2, -0.15) is 5.10 Å². The van der Waals surface area contributed by atoms with Crippen LogP contribution in [-0.4, -0.2) is 40.6 Å². The number of hydrogen-bond donors (Lipinski definition) is 1. The third-order valence-corrected chi connectivity index (χ3v) is 4.02. The van der Waals surface area contributed by atoms with Gasteiger partial charge in [0.25, 0.3) is 17.4 Å². The van der Waals surface area contributed by atoms with Crippen molar-refractivity contribution in [2.24, 2.45) is 0 Å². The first-order valence-electron chi connectivity index (χ1n) is 8.61. The molecule has 0 radical (unpaired) electrons. The maximum Gasteiger partial charge on any atom is 0.274 e. The van der Waals surface area contributed by atoms with E-state index in [1.165, 1.54) is 21.7 Å². The van der Waals surface area contributed by atoms with E-state index in [9.17, 15) is 14.4 Å². The number of carbonyl (C=O) groups is 2. The summed E-state index contributed by atoms with van der Waals surface area (Å²) in [7, 11) is 3.26. The van der Waals surface area contributed by atoms with Crippen molar-refractivity contribution < 1.29 is 9.59 Å². The first-order valence-corrected chi connectivity index (χ1v) is 8.61. The van der Waals surface area contributed by atoms with Gasteiger partial charge in [0.15, 0.2) is 0 Å². The van der Waals surface area contributed by atoms with Crippen LogP contribution >= 0.6 is 0 Å². The molecule has 2 rings (SSSR count). The number of benzene rings is 1. The van der Waals surface area contributed by atoms with Crippen LogP contribution in [0, 0.1) is 0 Å². The van der Waals surface area contributed by atoms with Gasteiger partial charge in [0.2, 0.25) is 0 Å². The zero-order chi connectivity index (χ0) is 19.1. The van der Waals surface area contributed by atoms with Gasteiger partial charge in [-0.05, 0) is 30.2 Å². The summed E-state index contributed by atoms with van der Waals surface area (Å²) in [4.78, 5) is 37.5. The molecule has 0 unspecified atom stereocenters. The Labute approximate surface area is 152 Å². The van der Waals surface area contributed by atoms with Gasteiger partial charge < -0.3 is 10.2 Å². The molecule has 7 heteroatoms. The second-order valence-corrected chi connectivity index (χ2v) is 6.07. The van der Waals surface area contributed by atoms with E-state index in [1.807, 2.05) is 19.1 Å². The van der Waals surface area contributed by atoms with Crippen molar-refractivity contribution in [2.75, 3.05) is 14.1 Å². The molecule has 0 fully saturated rings. The largest absolute Gasteiger partial charge is 0.355 e. The number of hydrogen-bond acceptors (Lipinski definition) is 4. The Kier molecular flexibility index (Phi) is 6.66. The molecule has 0 aliphatic carbocycles. The topological polar surface area (TPSA) is 84.3 Å². The maximum atomic E-state index is 12.6. The Balaban J connectivity index is 2.09. The predicted molar refractivity (Wildman–Crippen MR) is 99.0 cm³/mol. The zero-order valence-electron chi connectivity index (χ0n) is 15.4. The number of nitrogens with zero attached hydrogens (tertiary/aromatic N) is 3. The molecule has 0 spiro atoms. The number of amides is 2. The second kappa shape index (κ2) is 8.94. The van der Waals surface area contributed by atoms with Gasteiger partial charge in [0.05, 0.1) is 0 Å². The minimum absolute atomic E-state index is 0.153. The fraction of sp³-hybridized carbons (Fsp3) is 0.368. The van der Waals surface area contributed by atoms with E-state index >= 15 is 0 Å². The number of carbonyl (C=O) groups excluding carboxylic acids is 2. The van der Waals surface area contributed by atoms with Gasteiger partial charge >= 0.3 is 0 Å². The highest BCUT2D eigenvalue weighted by Crippen LogP contribution is 2.09. The molecule has 1 N–H and O–H groups in total. The number of aryl methyl sites for hydroxylation is 1. The lowest BCUT2D eigenvalue weighted by Crippen LogP contribution is -2.31. The van der Waals surface area contributed by atoms with Crippen molar-refractivity contribution in [1.82, 2.24) is 20.0 Å². The molecule has 0 atom stereocenters. The lowest BCUT2D eigenvalue weighted by Gasteiger charge is -2.17. The molecule has 0 aliphatic heterocycles. The third kappa shape index (κ3) is 4.78. The Morgan fingerprint density at radius 3 is 2.46 bits per heavy atom. The molecule has 0 aliphatic rings. The van der Waals surface area contributed by atoms with E-state index in [1.54, 1.807) is 26.2 Å². The molecule has 0 saturated heterocycles. The van der Waals surface area contributed by atoms with Gasteiger partial charge in [-0.15, -0.1) is 0 Å². The van der Waals surface area contributed by atoms with Gasteiger partial charge in [0, 0.05) is 38.8 Å². The van der Waals surface area contributed by atoms with E-state index in [2.05, 4.69) is 10.4 Å². The Morgan fingerprint density at radius 2 is 1.85 bits per heavy atom. The standard InChI is InChI=1S/C19H24N4O3/c1-4-5-12-23-17(24)11-10-16(21-23)19(26)22(3)13-14-6-8-15(9-7-14)18(25)20-2/h6-11H,4-5,12-13H2,1-3H3,(H,20,25). The fourth-order valence-corrected chi connectivity index (χ4v) is 2.48. The Bertz CT molecular complexity index is 827. The van der Waals surface area contributed by atoms with Gasteiger partial charge in [-0.25, -0.2) is 4.68 Å². The third-order valence-electron chi connectivity index (χ3n) is 4.02. The number of aromatic nitrogens is 2. The first kappa shape index (κ1) is 19.4. The minimum atomic E-state index is -0.259. The van der Waals surface area contributed by atoms with Crippen molar-refractivity contribution in [2.45, 2.75) is 32.9 Å². The SMILES string of the molecule is CCCCn1nc(C(=O)N(C)Cc2ccc(C(=O)NC)cc2)ccc1=O. The van der Waals surface area contributed by atoms with Gasteiger partial charge in [-0.3, -0.25) is 14.4 Å². The smallest absolute Gasteiger partial charge is 0.274 e. The molecule has 26 heavy (non-hydrogen) atoms. The van der Waals surface area contributed by atoms with Crippen molar-refractivity contribution in [3.8, 4) is 0 Å². The predicted octanol–water partition coefficient (Wildman–Crippen LogP) is 1.68. The molecule has 0 bridgehead atoms. The summed E-state index contributed by atoms with van der Waals surface area (Å²) in [6.45, 7) is 2.91. The van der Waals surface area contributed by atoms with E-state index in [4.69, 9.17) is 0 Å². The summed E-state index contributed by atoms with van der Waals surface area (Å²) in [5, 5.41) is 6.75. The van der Waals surface area contributed by atoms with Crippen LogP contribution in [0.1, 0.15) is 46.2 Å². The van der Waals surface area contributed by atoms with Crippen molar-refractivity contribution in [3.05, 3.63) is 63.6 Å². The quantitative estimate of drug-likeness (QED) is 0.818. The lowest BCUT2D eigenvalue weighted by molar-refractivity contribution is 0.0776. The van der Waals surface area contributed by atoms with Crippen LogP contribution in [0.3, 0.4) is 0 Å². The van der Waals surface area contributed by atoms with E-state index in [-0.39, 0.29) is 23.1 Å². The van der Waals surface area contributed by atoms with Crippen LogP contribution < -0.4 is 10.9 Å². The molecule has 7 nitrogen and oxygen atoms in total. The molecule has 1 aromatic carbocycles. The molecule has 2 amide bonds. The number of nitrogens with one attached hydrogen (secondary N) is 1. The van der Waals surface area contributed by atoms with E-state index in [0.717, 1.165) is 18.4 Å². The summed E-state index contributed by atoms with van der Waals surface area (Å²) < 4.78 is 1.34. The summed E-state index contributed by atoms with van der Waals surface area (Å²) >= 11 is 0. The van der Waals surface area contributed by atoms with Crippen LogP contribution in [0.25, 0.3) is 0 Å². The minimum Gasteiger partial charge on any atom is -0.355 e. The van der Waals surface area contributed by atoms with Crippen LogP contribution in [0.4, 0.5) is 0 Å². The molecular weight excluding hydrogens is 332 g/mol. The second-order valence-electron chi connectivity index (χ2n) is 6.07. The molecule has 2 aromatic rings. The summed E-state index contributed by atoms with van der Waals surface area (Å²) in [5.41, 5.74) is 1.50. The fourth-order valence-electron chi connectivity index (χ4n) is 2.48. The number of rotatable bonds is 7. The Hall–Kier alpha value is -2.96. The molecule has 0 saturated carbocycles. The van der Waals surface area contributed by atoms with E-state index in [0.29, 0.717) is 18.7 Å². The van der Waals surface area contributed by atoms with Crippen LogP contribution in [0.5, 0.6) is 0 Å². The lowest BCUT2D eigenvalue weighted by atomic mass is 10.1. The summed E-state index contributed by atoms with van der Waals surface area (Å²) in [6, 6.07) is 9.89. The van der Waals surface area contributed by atoms with Gasteiger partial charge in [-0.1, -0.05) is 25.5 Å². The zero-order valence-corrected chi connectivity index (χ0v) is 15.4. The number of unbranched alkanes of at least 4 members (excludes halogenated alkanes) is 1. The summed E-state index contributed by atoms with van der Waals surface area (Å²) in [6.07, 6.45) is 1.77. The molecule has 1 heterocycles. The van der Waals surface area contributed by atoms with Crippen molar-refractivity contribution >= 4 is 11.8 Å². The highest BCUT2D eigenvalue weighted by molar-refractivity contribution is 5.94. The monoisotopic (exact) mass is 356 g/mol. The highest BCUT2D eigenvalue weighted by atomic mass is 16.2. The average molecular weight is 356 g/mol. The van der Waals surface area contributed by atoms with Crippen molar-refractivity contribution in [3.63, 3.8) is 0 Å². The average Bonchev–Trinajstić information content (AvgIpc) is 2.66. The molecule has 1 aromatic heterocycles. The van der Waals surface area contributed by atoms with Crippen LogP contribution in [0.2, 0.25) is 0 Å². The maximum absolute atomic E-state index is 12.6. The van der Waals surface area contributed by atoms with Crippen LogP contribution in [0.15, 0.2) is 41.2 Å². The normalized spacial score (nSPS) is 10.4.